The quantitative estimate of drug-likeness (QED) is 0.484. The fourth-order valence-electron chi connectivity index (χ4n) is 3.47. The van der Waals surface area contributed by atoms with Crippen LogP contribution in [0.3, 0.4) is 0 Å². The molecule has 4 aliphatic rings. The van der Waals surface area contributed by atoms with Gasteiger partial charge in [-0.1, -0.05) is 6.92 Å². The molecule has 4 saturated heterocycles. The van der Waals surface area contributed by atoms with Gasteiger partial charge < -0.3 is 35.1 Å². The second-order valence-electron chi connectivity index (χ2n) is 7.45. The van der Waals surface area contributed by atoms with Crippen LogP contribution in [0.2, 0.25) is 0 Å². The first-order chi connectivity index (χ1) is 11.0. The van der Waals surface area contributed by atoms with E-state index in [1.165, 1.54) is 0 Å². The standard InChI is InChI=1S/C15H24N2O7/c1-8-5-6-22-15(11(20)16-14(8,21)10(19)17-15)9(18)13(4)7-23-12(2,3)24-13/h8-9,18,21H,5-7H2,1-4H3,(H,16,20)(H,17,19)/t8-,9+,13+,14-,15+/m1/s1. The third-order valence-corrected chi connectivity index (χ3v) is 5.03. The first-order valence-corrected chi connectivity index (χ1v) is 7.99. The minimum absolute atomic E-state index is 0.0100. The number of hydrogen-bond acceptors (Lipinski definition) is 7. The third-order valence-electron chi connectivity index (χ3n) is 5.03. The Kier molecular flexibility index (Phi) is 3.75. The van der Waals surface area contributed by atoms with Crippen molar-refractivity contribution >= 4 is 11.8 Å². The van der Waals surface area contributed by atoms with E-state index in [1.807, 2.05) is 0 Å². The second-order valence-corrected chi connectivity index (χ2v) is 7.45. The summed E-state index contributed by atoms with van der Waals surface area (Å²) in [6.07, 6.45) is -1.22. The van der Waals surface area contributed by atoms with Crippen LogP contribution in [-0.4, -0.2) is 64.2 Å². The fraction of sp³-hybridized carbons (Fsp3) is 0.867. The molecule has 4 fully saturated rings. The number of carbonyl (C=O) groups is 2. The zero-order chi connectivity index (χ0) is 18.0. The Bertz CT molecular complexity index is 582. The predicted octanol–water partition coefficient (Wildman–Crippen LogP) is -1.42. The van der Waals surface area contributed by atoms with Crippen molar-refractivity contribution < 1.29 is 34.0 Å². The highest BCUT2D eigenvalue weighted by atomic mass is 16.8. The van der Waals surface area contributed by atoms with Crippen molar-refractivity contribution in [2.24, 2.45) is 5.92 Å². The first-order valence-electron chi connectivity index (χ1n) is 7.99. The molecule has 0 radical (unpaired) electrons. The number of fused-ring (bicyclic) bond motifs is 5. The Balaban J connectivity index is 1.97. The summed E-state index contributed by atoms with van der Waals surface area (Å²) in [5.41, 5.74) is -5.37. The van der Waals surface area contributed by atoms with E-state index in [2.05, 4.69) is 10.6 Å². The largest absolute Gasteiger partial charge is 0.384 e. The summed E-state index contributed by atoms with van der Waals surface area (Å²) >= 11 is 0. The van der Waals surface area contributed by atoms with Crippen LogP contribution in [0.1, 0.15) is 34.1 Å². The zero-order valence-electron chi connectivity index (χ0n) is 14.2. The number of ether oxygens (including phenoxy) is 3. The summed E-state index contributed by atoms with van der Waals surface area (Å²) < 4.78 is 16.9. The number of aliphatic hydroxyl groups excluding tert-OH is 1. The van der Waals surface area contributed by atoms with Gasteiger partial charge in [0, 0.05) is 5.92 Å². The van der Waals surface area contributed by atoms with Gasteiger partial charge >= 0.3 is 0 Å². The Morgan fingerprint density at radius 1 is 1.17 bits per heavy atom. The lowest BCUT2D eigenvalue weighted by Crippen LogP contribution is -2.83. The molecule has 4 N–H and O–H groups in total. The van der Waals surface area contributed by atoms with E-state index in [0.29, 0.717) is 6.42 Å². The van der Waals surface area contributed by atoms with E-state index in [1.54, 1.807) is 27.7 Å². The molecule has 0 aromatic carbocycles. The Morgan fingerprint density at radius 3 is 2.42 bits per heavy atom. The van der Waals surface area contributed by atoms with E-state index in [0.717, 1.165) is 0 Å². The maximum Gasteiger partial charge on any atom is 0.278 e. The van der Waals surface area contributed by atoms with Gasteiger partial charge in [-0.2, -0.15) is 0 Å². The molecular formula is C15H24N2O7. The molecule has 2 amide bonds. The van der Waals surface area contributed by atoms with Crippen LogP contribution in [0, 0.1) is 5.92 Å². The lowest BCUT2D eigenvalue weighted by molar-refractivity contribution is -0.247. The number of piperazine rings is 1. The SMILES string of the molecule is C[C@@H]1CCO[C@]2([C@@H](O)[C@]3(C)COC(C)(C)O3)NC(=O)[C@@]1(O)NC2=O. The van der Waals surface area contributed by atoms with Crippen LogP contribution in [0.15, 0.2) is 0 Å². The molecule has 0 unspecified atom stereocenters. The van der Waals surface area contributed by atoms with Crippen LogP contribution in [0.5, 0.6) is 0 Å². The number of hydrogen-bond donors (Lipinski definition) is 4. The molecule has 0 spiro atoms. The average molecular weight is 344 g/mol. The number of rotatable bonds is 2. The molecule has 4 aliphatic heterocycles. The van der Waals surface area contributed by atoms with Crippen LogP contribution < -0.4 is 10.6 Å². The molecule has 4 rings (SSSR count). The highest BCUT2D eigenvalue weighted by Gasteiger charge is 2.66. The van der Waals surface area contributed by atoms with Crippen molar-refractivity contribution in [3.63, 3.8) is 0 Å². The molecule has 0 aromatic rings. The van der Waals surface area contributed by atoms with Crippen LogP contribution in [0.4, 0.5) is 0 Å². The van der Waals surface area contributed by atoms with Gasteiger partial charge in [-0.25, -0.2) is 0 Å². The van der Waals surface area contributed by atoms with Gasteiger partial charge in [-0.15, -0.1) is 0 Å². The molecule has 9 heteroatoms. The smallest absolute Gasteiger partial charge is 0.278 e. The van der Waals surface area contributed by atoms with E-state index < -0.39 is 46.7 Å². The first kappa shape index (κ1) is 17.6. The van der Waals surface area contributed by atoms with Crippen LogP contribution in [-0.2, 0) is 23.8 Å². The fourth-order valence-corrected chi connectivity index (χ4v) is 3.47. The topological polar surface area (TPSA) is 126 Å². The van der Waals surface area contributed by atoms with Crippen molar-refractivity contribution in [2.45, 2.75) is 63.1 Å². The summed E-state index contributed by atoms with van der Waals surface area (Å²) in [7, 11) is 0. The third kappa shape index (κ3) is 2.34. The van der Waals surface area contributed by atoms with Crippen molar-refractivity contribution in [1.82, 2.24) is 10.6 Å². The molecule has 5 atom stereocenters. The van der Waals surface area contributed by atoms with Gasteiger partial charge in [0.15, 0.2) is 5.79 Å². The summed E-state index contributed by atoms with van der Waals surface area (Å²) in [5.74, 6) is -3.14. The number of nitrogens with one attached hydrogen (secondary N) is 2. The molecule has 0 aromatic heterocycles. The van der Waals surface area contributed by atoms with Gasteiger partial charge in [0.2, 0.25) is 5.72 Å². The van der Waals surface area contributed by atoms with Crippen molar-refractivity contribution in [2.75, 3.05) is 13.2 Å². The molecular weight excluding hydrogens is 320 g/mol. The molecule has 2 bridgehead atoms. The Hall–Kier alpha value is -1.26. The molecule has 4 heterocycles. The zero-order valence-corrected chi connectivity index (χ0v) is 14.2. The van der Waals surface area contributed by atoms with Gasteiger partial charge in [-0.05, 0) is 27.2 Å². The van der Waals surface area contributed by atoms with E-state index in [9.17, 15) is 19.8 Å². The van der Waals surface area contributed by atoms with Gasteiger partial charge in [0.25, 0.3) is 17.5 Å². The number of aliphatic hydroxyl groups is 2. The molecule has 9 nitrogen and oxygen atoms in total. The van der Waals surface area contributed by atoms with E-state index in [4.69, 9.17) is 14.2 Å². The van der Waals surface area contributed by atoms with Crippen molar-refractivity contribution in [3.8, 4) is 0 Å². The minimum atomic E-state index is -2.05. The lowest BCUT2D eigenvalue weighted by Gasteiger charge is -2.51. The minimum Gasteiger partial charge on any atom is -0.384 e. The number of amides is 2. The molecule has 0 saturated carbocycles. The summed E-state index contributed by atoms with van der Waals surface area (Å²) in [5, 5.41) is 26.1. The van der Waals surface area contributed by atoms with Crippen LogP contribution in [0.25, 0.3) is 0 Å². The highest BCUT2D eigenvalue weighted by Crippen LogP contribution is 2.40. The van der Waals surface area contributed by atoms with Gasteiger partial charge in [0.05, 0.1) is 13.2 Å². The highest BCUT2D eigenvalue weighted by molar-refractivity contribution is 6.01. The summed E-state index contributed by atoms with van der Waals surface area (Å²) in [4.78, 5) is 25.1. The maximum atomic E-state index is 12.7. The van der Waals surface area contributed by atoms with Crippen LogP contribution >= 0.6 is 0 Å². The average Bonchev–Trinajstić information content (AvgIpc) is 2.77. The van der Waals surface area contributed by atoms with Crippen molar-refractivity contribution in [3.05, 3.63) is 0 Å². The molecule has 24 heavy (non-hydrogen) atoms. The predicted molar refractivity (Wildman–Crippen MR) is 79.2 cm³/mol. The number of carbonyl (C=O) groups excluding carboxylic acids is 2. The van der Waals surface area contributed by atoms with E-state index in [-0.39, 0.29) is 13.2 Å². The maximum absolute atomic E-state index is 12.7. The monoisotopic (exact) mass is 344 g/mol. The summed E-state index contributed by atoms with van der Waals surface area (Å²) in [6.45, 7) is 6.66. The van der Waals surface area contributed by atoms with Gasteiger partial charge in [0.1, 0.15) is 11.7 Å². The Morgan fingerprint density at radius 2 is 1.83 bits per heavy atom. The lowest BCUT2D eigenvalue weighted by atomic mass is 9.83. The van der Waals surface area contributed by atoms with E-state index >= 15 is 0 Å². The van der Waals surface area contributed by atoms with Crippen molar-refractivity contribution in [1.29, 1.82) is 0 Å². The molecule has 0 aliphatic carbocycles. The Labute approximate surface area is 139 Å². The second kappa shape index (κ2) is 5.12. The summed E-state index contributed by atoms with van der Waals surface area (Å²) in [6, 6.07) is 0. The van der Waals surface area contributed by atoms with Gasteiger partial charge in [-0.3, -0.25) is 9.59 Å². The normalized spacial score (nSPS) is 46.0. The molecule has 136 valence electrons.